The van der Waals surface area contributed by atoms with Gasteiger partial charge >= 0.3 is 0 Å². The number of pyridine rings is 1. The molecule has 2 aromatic heterocycles. The lowest BCUT2D eigenvalue weighted by Crippen LogP contribution is -2.44. The lowest BCUT2D eigenvalue weighted by molar-refractivity contribution is 0.0821. The minimum Gasteiger partial charge on any atom is -0.491 e. The van der Waals surface area contributed by atoms with Crippen LogP contribution < -0.4 is 20.3 Å². The Hall–Kier alpha value is -2.75. The molecule has 0 amide bonds. The Morgan fingerprint density at radius 1 is 1.26 bits per heavy atom. The number of hydrogen-bond acceptors (Lipinski definition) is 8. The van der Waals surface area contributed by atoms with Crippen molar-refractivity contribution in [3.05, 3.63) is 41.4 Å². The standard InChI is InChI=1S/C24H24ClFN6O2/c25-20-18(34-11-24-6-15(7-24)33-10-24)3-1-16(21(20)26)30-23-22-17(28-12-29-23)2-4-19(31-22)32-9-13-5-14(32)8-27-13/h1-4,12-15,27H,5-11H2,(H,28,29,30)/t13-,14-,15?,24?/m0/s1. The largest absolute Gasteiger partial charge is 0.491 e. The number of anilines is 3. The third-order valence-corrected chi connectivity index (χ3v) is 7.95. The first-order valence-corrected chi connectivity index (χ1v) is 12.1. The van der Waals surface area contributed by atoms with E-state index < -0.39 is 5.82 Å². The fourth-order valence-corrected chi connectivity index (χ4v) is 5.94. The number of hydrogen-bond donors (Lipinski definition) is 2. The number of fused-ring (bicyclic) bond motifs is 4. The number of rotatable bonds is 6. The number of piperazine rings is 1. The topological polar surface area (TPSA) is 84.4 Å². The summed E-state index contributed by atoms with van der Waals surface area (Å²) in [5.74, 6) is 1.06. The van der Waals surface area contributed by atoms with Gasteiger partial charge in [0.1, 0.15) is 28.4 Å². The van der Waals surface area contributed by atoms with E-state index >= 15 is 4.39 Å². The first kappa shape index (κ1) is 20.6. The van der Waals surface area contributed by atoms with Gasteiger partial charge in [0.25, 0.3) is 0 Å². The Labute approximate surface area is 200 Å². The molecule has 3 aromatic rings. The highest BCUT2D eigenvalue weighted by Crippen LogP contribution is 2.50. The maximum atomic E-state index is 15.2. The summed E-state index contributed by atoms with van der Waals surface area (Å²) < 4.78 is 26.7. The van der Waals surface area contributed by atoms with Crippen molar-refractivity contribution >= 4 is 40.0 Å². The molecule has 4 saturated heterocycles. The quantitative estimate of drug-likeness (QED) is 0.550. The van der Waals surface area contributed by atoms with Crippen LogP contribution in [-0.4, -0.2) is 59.4 Å². The maximum Gasteiger partial charge on any atom is 0.169 e. The molecule has 4 aliphatic heterocycles. The molecule has 34 heavy (non-hydrogen) atoms. The van der Waals surface area contributed by atoms with Crippen LogP contribution in [0.2, 0.25) is 5.02 Å². The summed E-state index contributed by atoms with van der Waals surface area (Å²) in [4.78, 5) is 15.8. The normalized spacial score (nSPS) is 29.0. The number of benzene rings is 1. The molecule has 176 valence electrons. The van der Waals surface area contributed by atoms with E-state index in [-0.39, 0.29) is 16.1 Å². The minimum atomic E-state index is -0.586. The molecule has 6 heterocycles. The van der Waals surface area contributed by atoms with Crippen LogP contribution in [0.1, 0.15) is 19.3 Å². The number of nitrogens with zero attached hydrogens (tertiary/aromatic N) is 4. The molecule has 0 spiro atoms. The van der Waals surface area contributed by atoms with E-state index in [4.69, 9.17) is 26.1 Å². The maximum absolute atomic E-state index is 15.2. The smallest absolute Gasteiger partial charge is 0.169 e. The molecule has 8 nitrogen and oxygen atoms in total. The zero-order chi connectivity index (χ0) is 22.9. The van der Waals surface area contributed by atoms with Gasteiger partial charge in [0.2, 0.25) is 0 Å². The highest BCUT2D eigenvalue weighted by atomic mass is 35.5. The van der Waals surface area contributed by atoms with Crippen LogP contribution in [0.4, 0.5) is 21.7 Å². The van der Waals surface area contributed by atoms with Gasteiger partial charge in [-0.3, -0.25) is 0 Å². The van der Waals surface area contributed by atoms with Crippen LogP contribution in [0.3, 0.4) is 0 Å². The highest BCUT2D eigenvalue weighted by Gasteiger charge is 2.52. The summed E-state index contributed by atoms with van der Waals surface area (Å²) >= 11 is 6.34. The third kappa shape index (κ3) is 3.29. The van der Waals surface area contributed by atoms with E-state index in [2.05, 4.69) is 25.5 Å². The summed E-state index contributed by atoms with van der Waals surface area (Å²) in [5.41, 5.74) is 1.54. The summed E-state index contributed by atoms with van der Waals surface area (Å²) in [5, 5.41) is 6.52. The van der Waals surface area contributed by atoms with E-state index in [0.29, 0.717) is 54.0 Å². The number of ether oxygens (including phenoxy) is 2. The number of aromatic nitrogens is 3. The SMILES string of the molecule is Fc1c(Nc2ncnc3ccc(N4C[C@@H]5C[C@H]4CN5)nc23)ccc(OCC23COC(C2)C3)c1Cl. The molecule has 4 bridgehead atoms. The van der Waals surface area contributed by atoms with Gasteiger partial charge in [-0.05, 0) is 43.5 Å². The molecule has 1 aromatic carbocycles. The van der Waals surface area contributed by atoms with Crippen molar-refractivity contribution in [3.63, 3.8) is 0 Å². The highest BCUT2D eigenvalue weighted by molar-refractivity contribution is 6.32. The van der Waals surface area contributed by atoms with Crippen LogP contribution in [-0.2, 0) is 4.74 Å². The predicted molar refractivity (Wildman–Crippen MR) is 126 cm³/mol. The second-order valence-electron chi connectivity index (χ2n) is 9.90. The molecule has 5 fully saturated rings. The Kier molecular flexibility index (Phi) is 4.62. The summed E-state index contributed by atoms with van der Waals surface area (Å²) in [6.45, 7) is 3.07. The van der Waals surface area contributed by atoms with E-state index in [1.54, 1.807) is 12.1 Å². The van der Waals surface area contributed by atoms with Crippen LogP contribution in [0, 0.1) is 11.2 Å². The van der Waals surface area contributed by atoms with Crippen LogP contribution in [0.5, 0.6) is 5.75 Å². The molecular formula is C24H24ClFN6O2. The molecular weight excluding hydrogens is 459 g/mol. The number of nitrogens with one attached hydrogen (secondary N) is 2. The molecule has 1 saturated carbocycles. The summed E-state index contributed by atoms with van der Waals surface area (Å²) in [6, 6.07) is 8.18. The zero-order valence-corrected chi connectivity index (χ0v) is 19.2. The van der Waals surface area contributed by atoms with Gasteiger partial charge in [-0.15, -0.1) is 0 Å². The van der Waals surface area contributed by atoms with Gasteiger partial charge in [-0.25, -0.2) is 19.3 Å². The van der Waals surface area contributed by atoms with E-state index in [0.717, 1.165) is 38.2 Å². The molecule has 0 unspecified atom stereocenters. The van der Waals surface area contributed by atoms with Crippen molar-refractivity contribution in [3.8, 4) is 5.75 Å². The molecule has 10 heteroatoms. The second-order valence-corrected chi connectivity index (χ2v) is 10.3. The summed E-state index contributed by atoms with van der Waals surface area (Å²) in [7, 11) is 0. The Morgan fingerprint density at radius 2 is 2.18 bits per heavy atom. The average Bonchev–Trinajstić information content (AvgIpc) is 3.63. The fraction of sp³-hybridized carbons (Fsp3) is 0.458. The molecule has 2 N–H and O–H groups in total. The molecule has 0 radical (unpaired) electrons. The van der Waals surface area contributed by atoms with Crippen molar-refractivity contribution in [1.29, 1.82) is 0 Å². The van der Waals surface area contributed by atoms with Crippen molar-refractivity contribution in [2.45, 2.75) is 37.5 Å². The van der Waals surface area contributed by atoms with Gasteiger partial charge in [0.05, 0.1) is 30.5 Å². The molecule has 8 rings (SSSR count). The van der Waals surface area contributed by atoms with Crippen LogP contribution >= 0.6 is 11.6 Å². The predicted octanol–water partition coefficient (Wildman–Crippen LogP) is 3.67. The molecule has 1 aliphatic carbocycles. The van der Waals surface area contributed by atoms with Gasteiger partial charge in [-0.1, -0.05) is 11.6 Å². The summed E-state index contributed by atoms with van der Waals surface area (Å²) in [6.07, 6.45) is 4.93. The first-order chi connectivity index (χ1) is 16.6. The van der Waals surface area contributed by atoms with E-state index in [1.165, 1.54) is 6.33 Å². The van der Waals surface area contributed by atoms with Gasteiger partial charge < -0.3 is 25.0 Å². The van der Waals surface area contributed by atoms with Crippen molar-refractivity contribution < 1.29 is 13.9 Å². The monoisotopic (exact) mass is 482 g/mol. The Bertz CT molecular complexity index is 1280. The van der Waals surface area contributed by atoms with E-state index in [9.17, 15) is 0 Å². The zero-order valence-electron chi connectivity index (χ0n) is 18.4. The first-order valence-electron chi connectivity index (χ1n) is 11.7. The fourth-order valence-electron chi connectivity index (χ4n) is 5.72. The number of halogens is 2. The molecule has 5 aliphatic rings. The lowest BCUT2D eigenvalue weighted by Gasteiger charge is -2.34. The van der Waals surface area contributed by atoms with Gasteiger partial charge in [-0.2, -0.15) is 0 Å². The Balaban J connectivity index is 1.15. The lowest BCUT2D eigenvalue weighted by atomic mass is 9.71. The van der Waals surface area contributed by atoms with Crippen LogP contribution in [0.15, 0.2) is 30.6 Å². The third-order valence-electron chi connectivity index (χ3n) is 7.60. The van der Waals surface area contributed by atoms with Crippen molar-refractivity contribution in [2.24, 2.45) is 5.41 Å². The van der Waals surface area contributed by atoms with Gasteiger partial charge in [0.15, 0.2) is 11.6 Å². The average molecular weight is 483 g/mol. The van der Waals surface area contributed by atoms with Crippen molar-refractivity contribution in [1.82, 2.24) is 20.3 Å². The molecule has 2 atom stereocenters. The van der Waals surface area contributed by atoms with Crippen molar-refractivity contribution in [2.75, 3.05) is 36.5 Å². The Morgan fingerprint density at radius 3 is 2.94 bits per heavy atom. The van der Waals surface area contributed by atoms with E-state index in [1.807, 2.05) is 12.1 Å². The van der Waals surface area contributed by atoms with Gasteiger partial charge in [0, 0.05) is 30.6 Å². The second kappa shape index (κ2) is 7.63. The van der Waals surface area contributed by atoms with Crippen LogP contribution in [0.25, 0.3) is 11.0 Å². The minimum absolute atomic E-state index is 0.0511.